The van der Waals surface area contributed by atoms with E-state index in [1.54, 1.807) is 0 Å². The van der Waals surface area contributed by atoms with Crippen LogP contribution in [0.15, 0.2) is 18.2 Å². The van der Waals surface area contributed by atoms with Crippen molar-refractivity contribution in [3.8, 4) is 11.5 Å². The Morgan fingerprint density at radius 2 is 2.08 bits per heavy atom. The molecule has 1 heterocycles. The van der Waals surface area contributed by atoms with E-state index in [2.05, 4.69) is 15.2 Å². The lowest BCUT2D eigenvalue weighted by Crippen LogP contribution is -2.20. The highest BCUT2D eigenvalue weighted by Crippen LogP contribution is 2.31. The summed E-state index contributed by atoms with van der Waals surface area (Å²) in [5.41, 5.74) is 0.466. The minimum Gasteiger partial charge on any atom is -0.493 e. The Morgan fingerprint density at radius 3 is 2.62 bits per heavy atom. The van der Waals surface area contributed by atoms with Gasteiger partial charge in [0.1, 0.15) is 17.9 Å². The molecule has 1 aromatic carbocycles. The molecule has 0 aliphatic rings. The summed E-state index contributed by atoms with van der Waals surface area (Å²) < 4.78 is 35.3. The minimum absolute atomic E-state index is 0.0810. The normalized spacial score (nSPS) is 10.7. The lowest BCUT2D eigenvalue weighted by atomic mass is 10.2. The van der Waals surface area contributed by atoms with Gasteiger partial charge in [0.25, 0.3) is 0 Å². The molecule has 11 heteroatoms. The molecule has 0 saturated carbocycles. The first-order valence-corrected chi connectivity index (χ1v) is 7.34. The number of carbonyl (C=O) groups is 1. The number of alkyl halides is 2. The van der Waals surface area contributed by atoms with Crippen LogP contribution in [0.25, 0.3) is 0 Å². The number of nitrogens with one attached hydrogen (secondary N) is 1. The van der Waals surface area contributed by atoms with E-state index in [4.69, 9.17) is 4.74 Å². The van der Waals surface area contributed by atoms with Gasteiger partial charge in [-0.05, 0) is 26.0 Å². The van der Waals surface area contributed by atoms with Crippen molar-refractivity contribution in [3.05, 3.63) is 39.7 Å². The van der Waals surface area contributed by atoms with Gasteiger partial charge < -0.3 is 14.8 Å². The highest BCUT2D eigenvalue weighted by molar-refractivity contribution is 5.91. The predicted octanol–water partition coefficient (Wildman–Crippen LogP) is 2.66. The number of halogens is 2. The number of nitro groups is 1. The molecule has 0 unspecified atom stereocenters. The molecule has 1 amide bonds. The van der Waals surface area contributed by atoms with Gasteiger partial charge >= 0.3 is 12.3 Å². The number of benzene rings is 1. The van der Waals surface area contributed by atoms with Gasteiger partial charge in [-0.2, -0.15) is 13.9 Å². The van der Waals surface area contributed by atoms with Crippen LogP contribution in [0.4, 0.5) is 20.2 Å². The molecule has 0 radical (unpaired) electrons. The van der Waals surface area contributed by atoms with Gasteiger partial charge in [0.05, 0.1) is 12.0 Å². The van der Waals surface area contributed by atoms with Gasteiger partial charge in [-0.1, -0.05) is 0 Å². The van der Waals surface area contributed by atoms with E-state index < -0.39 is 17.4 Å². The first kappa shape index (κ1) is 19.1. The topological polar surface area (TPSA) is 109 Å². The summed E-state index contributed by atoms with van der Waals surface area (Å²) in [6, 6.07) is 3.99. The summed E-state index contributed by atoms with van der Waals surface area (Å²) in [5, 5.41) is 17.4. The Balaban J connectivity index is 2.15. The Labute approximate surface area is 146 Å². The van der Waals surface area contributed by atoms with E-state index >= 15 is 0 Å². The lowest BCUT2D eigenvalue weighted by molar-refractivity contribution is -0.386. The standard InChI is InChI=1S/C15H16F2N4O5/c1-8-14(21(23)24)9(2)20(19-8)7-13(22)18-10-4-5-11(25-3)12(6-10)26-15(16)17/h4-6,15H,7H2,1-3H3,(H,18,22). The number of carbonyl (C=O) groups excluding carboxylic acids is 1. The maximum Gasteiger partial charge on any atom is 0.387 e. The summed E-state index contributed by atoms with van der Waals surface area (Å²) in [4.78, 5) is 22.6. The Hall–Kier alpha value is -3.24. The lowest BCUT2D eigenvalue weighted by Gasteiger charge is -2.12. The molecule has 0 fully saturated rings. The molecular weight excluding hydrogens is 354 g/mol. The first-order chi connectivity index (χ1) is 12.2. The summed E-state index contributed by atoms with van der Waals surface area (Å²) in [6.45, 7) is -0.382. The van der Waals surface area contributed by atoms with Crippen molar-refractivity contribution in [1.82, 2.24) is 9.78 Å². The second-order valence-electron chi connectivity index (χ2n) is 5.23. The summed E-state index contributed by atoms with van der Waals surface area (Å²) in [6.07, 6.45) is 0. The van der Waals surface area contributed by atoms with E-state index in [9.17, 15) is 23.7 Å². The second-order valence-corrected chi connectivity index (χ2v) is 5.23. The number of nitrogens with zero attached hydrogens (tertiary/aromatic N) is 3. The van der Waals surface area contributed by atoms with E-state index in [1.807, 2.05) is 0 Å². The van der Waals surface area contributed by atoms with Crippen LogP contribution in [0.3, 0.4) is 0 Å². The van der Waals surface area contributed by atoms with Crippen molar-refractivity contribution in [3.63, 3.8) is 0 Å². The van der Waals surface area contributed by atoms with Gasteiger partial charge in [0.15, 0.2) is 11.5 Å². The summed E-state index contributed by atoms with van der Waals surface area (Å²) >= 11 is 0. The third-order valence-electron chi connectivity index (χ3n) is 3.48. The molecular formula is C15H16F2N4O5. The van der Waals surface area contributed by atoms with Gasteiger partial charge in [-0.15, -0.1) is 0 Å². The van der Waals surface area contributed by atoms with Crippen LogP contribution < -0.4 is 14.8 Å². The zero-order valence-electron chi connectivity index (χ0n) is 14.2. The number of anilines is 1. The summed E-state index contributed by atoms with van der Waals surface area (Å²) in [5.74, 6) is -0.696. The Kier molecular flexibility index (Phi) is 5.70. The molecule has 0 spiro atoms. The molecule has 0 bridgehead atoms. The molecule has 0 atom stereocenters. The Morgan fingerprint density at radius 1 is 1.38 bits per heavy atom. The zero-order valence-corrected chi connectivity index (χ0v) is 14.2. The monoisotopic (exact) mass is 370 g/mol. The number of methoxy groups -OCH3 is 1. The fraction of sp³-hybridized carbons (Fsp3) is 0.333. The minimum atomic E-state index is -3.05. The van der Waals surface area contributed by atoms with Crippen molar-refractivity contribution in [2.24, 2.45) is 0 Å². The second kappa shape index (κ2) is 7.76. The zero-order chi connectivity index (χ0) is 19.4. The van der Waals surface area contributed by atoms with Crippen LogP contribution in [0.2, 0.25) is 0 Å². The van der Waals surface area contributed by atoms with E-state index in [1.165, 1.54) is 43.8 Å². The number of amides is 1. The molecule has 1 N–H and O–H groups in total. The molecule has 2 rings (SSSR count). The van der Waals surface area contributed by atoms with E-state index in [-0.39, 0.29) is 40.8 Å². The van der Waals surface area contributed by atoms with Crippen molar-refractivity contribution >= 4 is 17.3 Å². The fourth-order valence-electron chi connectivity index (χ4n) is 2.38. The first-order valence-electron chi connectivity index (χ1n) is 7.34. The number of hydrogen-bond donors (Lipinski definition) is 1. The average Bonchev–Trinajstić information content (AvgIpc) is 2.80. The van der Waals surface area contributed by atoms with Gasteiger partial charge in [0.2, 0.25) is 5.91 Å². The number of rotatable bonds is 7. The highest BCUT2D eigenvalue weighted by atomic mass is 19.3. The van der Waals surface area contributed by atoms with Crippen molar-refractivity contribution < 1.29 is 28.0 Å². The number of hydrogen-bond acceptors (Lipinski definition) is 6. The van der Waals surface area contributed by atoms with Crippen LogP contribution in [-0.4, -0.2) is 34.3 Å². The highest BCUT2D eigenvalue weighted by Gasteiger charge is 2.23. The molecule has 26 heavy (non-hydrogen) atoms. The largest absolute Gasteiger partial charge is 0.493 e. The third-order valence-corrected chi connectivity index (χ3v) is 3.48. The number of ether oxygens (including phenoxy) is 2. The van der Waals surface area contributed by atoms with Gasteiger partial charge in [0, 0.05) is 11.8 Å². The van der Waals surface area contributed by atoms with E-state index in [0.717, 1.165) is 0 Å². The average molecular weight is 370 g/mol. The maximum atomic E-state index is 12.4. The fourth-order valence-corrected chi connectivity index (χ4v) is 2.38. The van der Waals surface area contributed by atoms with E-state index in [0.29, 0.717) is 0 Å². The molecule has 0 aliphatic heterocycles. The summed E-state index contributed by atoms with van der Waals surface area (Å²) in [7, 11) is 1.29. The maximum absolute atomic E-state index is 12.4. The van der Waals surface area contributed by atoms with Gasteiger partial charge in [-0.3, -0.25) is 19.6 Å². The molecule has 1 aromatic heterocycles. The SMILES string of the molecule is COc1ccc(NC(=O)Cn2nc(C)c([N+](=O)[O-])c2C)cc1OC(F)F. The molecule has 2 aromatic rings. The van der Waals surface area contributed by atoms with Crippen LogP contribution in [0.1, 0.15) is 11.4 Å². The van der Waals surface area contributed by atoms with Crippen LogP contribution in [-0.2, 0) is 11.3 Å². The van der Waals surface area contributed by atoms with Crippen molar-refractivity contribution in [2.75, 3.05) is 12.4 Å². The van der Waals surface area contributed by atoms with Crippen LogP contribution in [0, 0.1) is 24.0 Å². The molecule has 0 saturated heterocycles. The Bertz CT molecular complexity index is 838. The third kappa shape index (κ3) is 4.23. The van der Waals surface area contributed by atoms with Crippen molar-refractivity contribution in [1.29, 1.82) is 0 Å². The smallest absolute Gasteiger partial charge is 0.387 e. The van der Waals surface area contributed by atoms with Crippen LogP contribution in [0.5, 0.6) is 11.5 Å². The van der Waals surface area contributed by atoms with Crippen molar-refractivity contribution in [2.45, 2.75) is 27.0 Å². The molecule has 9 nitrogen and oxygen atoms in total. The predicted molar refractivity (Wildman–Crippen MR) is 86.6 cm³/mol. The van der Waals surface area contributed by atoms with Gasteiger partial charge in [-0.25, -0.2) is 0 Å². The quantitative estimate of drug-likeness (QED) is 0.593. The number of aryl methyl sites for hydroxylation is 1. The molecule has 140 valence electrons. The number of aromatic nitrogens is 2. The van der Waals surface area contributed by atoms with Crippen LogP contribution >= 0.6 is 0 Å². The molecule has 0 aliphatic carbocycles.